The summed E-state index contributed by atoms with van der Waals surface area (Å²) >= 11 is 1.69. The third-order valence-corrected chi connectivity index (χ3v) is 7.87. The van der Waals surface area contributed by atoms with Crippen molar-refractivity contribution in [3.63, 3.8) is 0 Å². The van der Waals surface area contributed by atoms with Gasteiger partial charge in [-0.2, -0.15) is 0 Å². The first-order chi connectivity index (χ1) is 14.3. The van der Waals surface area contributed by atoms with E-state index in [1.165, 1.54) is 16.5 Å². The Labute approximate surface area is 180 Å². The highest BCUT2D eigenvalue weighted by Gasteiger charge is 2.36. The molecule has 1 aromatic heterocycles. The summed E-state index contributed by atoms with van der Waals surface area (Å²) in [7, 11) is 0. The summed E-state index contributed by atoms with van der Waals surface area (Å²) < 4.78 is 0. The number of nitro groups is 1. The zero-order valence-electron chi connectivity index (χ0n) is 17.5. The number of nitrogens with zero attached hydrogens (tertiary/aromatic N) is 1. The van der Waals surface area contributed by atoms with Crippen LogP contribution in [0, 0.1) is 21.4 Å². The van der Waals surface area contributed by atoms with E-state index in [4.69, 9.17) is 0 Å². The van der Waals surface area contributed by atoms with Crippen LogP contribution in [0.4, 0.5) is 10.7 Å². The minimum absolute atomic E-state index is 0.0488. The number of thiophene rings is 1. The van der Waals surface area contributed by atoms with Gasteiger partial charge in [0.05, 0.1) is 16.1 Å². The van der Waals surface area contributed by atoms with Crippen LogP contribution in [0.1, 0.15) is 60.0 Å². The van der Waals surface area contributed by atoms with E-state index in [9.17, 15) is 14.9 Å². The molecule has 1 amide bonds. The monoisotopic (exact) mass is 425 g/mol. The number of hydrogen-bond donors (Lipinski definition) is 2. The number of fused-ring (bicyclic) bond motifs is 3. The number of benzene rings is 1. The van der Waals surface area contributed by atoms with E-state index in [1.54, 1.807) is 41.7 Å². The van der Waals surface area contributed by atoms with Crippen LogP contribution in [0.2, 0.25) is 0 Å². The van der Waals surface area contributed by atoms with Crippen LogP contribution < -0.4 is 10.6 Å². The topological polar surface area (TPSA) is 84.3 Å². The number of rotatable bonds is 5. The largest absolute Gasteiger partial charge is 0.353 e. The molecule has 0 radical (unpaired) electrons. The molecule has 2 aromatic rings. The number of amides is 1. The van der Waals surface area contributed by atoms with E-state index in [0.29, 0.717) is 16.9 Å². The Balaban J connectivity index is 1.56. The van der Waals surface area contributed by atoms with Crippen LogP contribution in [-0.4, -0.2) is 17.0 Å². The zero-order chi connectivity index (χ0) is 21.5. The predicted molar refractivity (Wildman–Crippen MR) is 121 cm³/mol. The molecule has 0 spiro atoms. The van der Waals surface area contributed by atoms with Gasteiger partial charge in [-0.25, -0.2) is 0 Å². The van der Waals surface area contributed by atoms with Gasteiger partial charge in [0, 0.05) is 10.9 Å². The first-order valence-electron chi connectivity index (χ1n) is 10.4. The summed E-state index contributed by atoms with van der Waals surface area (Å²) in [6.07, 6.45) is 7.30. The van der Waals surface area contributed by atoms with Crippen molar-refractivity contribution in [2.24, 2.45) is 11.3 Å². The molecule has 0 unspecified atom stereocenters. The third-order valence-electron chi connectivity index (χ3n) is 6.68. The molecule has 6 nitrogen and oxygen atoms in total. The van der Waals surface area contributed by atoms with Gasteiger partial charge in [0.2, 0.25) is 0 Å². The van der Waals surface area contributed by atoms with Gasteiger partial charge in [0.25, 0.3) is 11.6 Å². The van der Waals surface area contributed by atoms with Crippen molar-refractivity contribution in [2.45, 2.75) is 52.6 Å². The van der Waals surface area contributed by atoms with Crippen LogP contribution >= 0.6 is 11.3 Å². The van der Waals surface area contributed by atoms with E-state index in [0.717, 1.165) is 36.2 Å². The number of carbonyl (C=O) groups is 1. The Hall–Kier alpha value is -2.67. The summed E-state index contributed by atoms with van der Waals surface area (Å²) in [6.45, 7) is 6.92. The molecule has 0 saturated heterocycles. The van der Waals surface area contributed by atoms with Crippen LogP contribution in [-0.2, 0) is 12.8 Å². The van der Waals surface area contributed by atoms with Crippen molar-refractivity contribution in [3.8, 4) is 0 Å². The molecule has 158 valence electrons. The number of hydrogen-bond acceptors (Lipinski definition) is 5. The predicted octanol–water partition coefficient (Wildman–Crippen LogP) is 5.39. The van der Waals surface area contributed by atoms with Crippen LogP contribution in [0.15, 0.2) is 30.3 Å². The molecule has 1 aromatic carbocycles. The highest BCUT2D eigenvalue weighted by atomic mass is 32.1. The van der Waals surface area contributed by atoms with E-state index in [2.05, 4.69) is 31.4 Å². The fraction of sp³-hybridized carbons (Fsp3) is 0.435. The maximum Gasteiger partial charge on any atom is 0.276 e. The summed E-state index contributed by atoms with van der Waals surface area (Å²) in [4.78, 5) is 25.0. The molecule has 0 saturated carbocycles. The first kappa shape index (κ1) is 20.6. The van der Waals surface area contributed by atoms with E-state index in [1.807, 2.05) is 0 Å². The molecule has 30 heavy (non-hydrogen) atoms. The van der Waals surface area contributed by atoms with Crippen molar-refractivity contribution in [3.05, 3.63) is 62.0 Å². The maximum atomic E-state index is 12.9. The van der Waals surface area contributed by atoms with E-state index in [-0.39, 0.29) is 11.6 Å². The zero-order valence-corrected chi connectivity index (χ0v) is 18.3. The Morgan fingerprint density at radius 3 is 2.80 bits per heavy atom. The van der Waals surface area contributed by atoms with Gasteiger partial charge >= 0.3 is 0 Å². The molecule has 1 aliphatic heterocycles. The Kier molecular flexibility index (Phi) is 5.40. The third kappa shape index (κ3) is 3.74. The average molecular weight is 426 g/mol. The van der Waals surface area contributed by atoms with Gasteiger partial charge in [-0.1, -0.05) is 39.3 Å². The standard InChI is InChI=1S/C23H27N3O3S/c1-4-23(2,3)15-10-11-16-18(13-15)30-22-20(16)21(27)24-19(25-22)12-9-14-7-5-6-8-17(14)26(28)29/h5-9,12,15,19,25H,4,10-11,13H2,1-3H3,(H,24,27)/b12-9+/t15-,19+/m1/s1. The molecule has 7 heteroatoms. The maximum absolute atomic E-state index is 12.9. The van der Waals surface area contributed by atoms with Crippen molar-refractivity contribution < 1.29 is 9.72 Å². The molecular weight excluding hydrogens is 398 g/mol. The van der Waals surface area contributed by atoms with Gasteiger partial charge in [0.1, 0.15) is 11.2 Å². The molecule has 2 aliphatic rings. The molecule has 1 aliphatic carbocycles. The minimum Gasteiger partial charge on any atom is -0.353 e. The highest BCUT2D eigenvalue weighted by Crippen LogP contribution is 2.46. The first-order valence-corrected chi connectivity index (χ1v) is 11.3. The molecule has 0 fully saturated rings. The number of carbonyl (C=O) groups excluding carboxylic acids is 1. The number of anilines is 1. The Morgan fingerprint density at radius 1 is 1.30 bits per heavy atom. The molecule has 2 N–H and O–H groups in total. The van der Waals surface area contributed by atoms with E-state index >= 15 is 0 Å². The van der Waals surface area contributed by atoms with Crippen molar-refractivity contribution in [2.75, 3.05) is 5.32 Å². The van der Waals surface area contributed by atoms with Gasteiger partial charge in [0.15, 0.2) is 0 Å². The second kappa shape index (κ2) is 7.87. The van der Waals surface area contributed by atoms with Crippen molar-refractivity contribution in [1.82, 2.24) is 5.32 Å². The van der Waals surface area contributed by atoms with Crippen molar-refractivity contribution in [1.29, 1.82) is 0 Å². The van der Waals surface area contributed by atoms with Gasteiger partial charge < -0.3 is 10.6 Å². The van der Waals surface area contributed by atoms with Gasteiger partial charge in [-0.3, -0.25) is 14.9 Å². The molecule has 0 bridgehead atoms. The lowest BCUT2D eigenvalue weighted by molar-refractivity contribution is -0.385. The van der Waals surface area contributed by atoms with Crippen LogP contribution in [0.25, 0.3) is 6.08 Å². The fourth-order valence-corrected chi connectivity index (χ4v) is 5.73. The highest BCUT2D eigenvalue weighted by molar-refractivity contribution is 7.16. The molecule has 4 rings (SSSR count). The lowest BCUT2D eigenvalue weighted by atomic mass is 9.69. The average Bonchev–Trinajstić information content (AvgIpc) is 3.10. The molecule has 2 atom stereocenters. The summed E-state index contributed by atoms with van der Waals surface area (Å²) in [5.74, 6) is 0.569. The fourth-order valence-electron chi connectivity index (χ4n) is 4.37. The molecule has 2 heterocycles. The number of nitrogens with one attached hydrogen (secondary N) is 2. The van der Waals surface area contributed by atoms with Gasteiger partial charge in [-0.05, 0) is 54.4 Å². The summed E-state index contributed by atoms with van der Waals surface area (Å²) in [6, 6.07) is 6.58. The van der Waals surface area contributed by atoms with Gasteiger partial charge in [-0.15, -0.1) is 11.3 Å². The number of para-hydroxylation sites is 1. The summed E-state index contributed by atoms with van der Waals surface area (Å²) in [5, 5.41) is 18.5. The normalized spacial score (nSPS) is 21.0. The number of nitro benzene ring substituents is 1. The SMILES string of the molecule is CCC(C)(C)[C@@H]1CCc2c(sc3c2C(=O)N[C@H](/C=C/c2ccccc2[N+](=O)[O-])N3)C1. The second-order valence-electron chi connectivity index (χ2n) is 8.76. The second-order valence-corrected chi connectivity index (χ2v) is 9.87. The Bertz CT molecular complexity index is 1020. The Morgan fingerprint density at radius 2 is 2.07 bits per heavy atom. The van der Waals surface area contributed by atoms with Crippen LogP contribution in [0.3, 0.4) is 0 Å². The summed E-state index contributed by atoms with van der Waals surface area (Å²) in [5.41, 5.74) is 2.85. The molecular formula is C23H27N3O3S. The van der Waals surface area contributed by atoms with Crippen molar-refractivity contribution >= 4 is 34.0 Å². The lowest BCUT2D eigenvalue weighted by Crippen LogP contribution is -2.43. The van der Waals surface area contributed by atoms with Crippen LogP contribution in [0.5, 0.6) is 0 Å². The quantitative estimate of drug-likeness (QED) is 0.497. The smallest absolute Gasteiger partial charge is 0.276 e. The minimum atomic E-state index is -0.397. The van der Waals surface area contributed by atoms with E-state index < -0.39 is 11.1 Å². The lowest BCUT2D eigenvalue weighted by Gasteiger charge is -2.36.